The van der Waals surface area contributed by atoms with Crippen LogP contribution in [0.25, 0.3) is 0 Å². The minimum absolute atomic E-state index is 0.501. The van der Waals surface area contributed by atoms with E-state index >= 15 is 0 Å². The van der Waals surface area contributed by atoms with Crippen LogP contribution in [-0.4, -0.2) is 6.04 Å². The minimum Gasteiger partial charge on any atom is -0.307 e. The predicted octanol–water partition coefficient (Wildman–Crippen LogP) is 3.83. The lowest BCUT2D eigenvalue weighted by atomic mass is 10.0. The van der Waals surface area contributed by atoms with Crippen LogP contribution in [0.15, 0.2) is 24.3 Å². The van der Waals surface area contributed by atoms with Gasteiger partial charge in [0.05, 0.1) is 0 Å². The van der Waals surface area contributed by atoms with E-state index < -0.39 is 0 Å². The van der Waals surface area contributed by atoms with Gasteiger partial charge in [-0.1, -0.05) is 43.7 Å². The molecular weight excluding hydrogens is 182 g/mol. The summed E-state index contributed by atoms with van der Waals surface area (Å²) in [4.78, 5) is 0. The summed E-state index contributed by atoms with van der Waals surface area (Å²) >= 11 is 0. The highest BCUT2D eigenvalue weighted by atomic mass is 14.9. The van der Waals surface area contributed by atoms with Gasteiger partial charge in [0.15, 0.2) is 0 Å². The number of hydrogen-bond acceptors (Lipinski definition) is 1. The molecule has 0 saturated heterocycles. The average Bonchev–Trinajstić information content (AvgIpc) is 2.27. The molecule has 1 N–H and O–H groups in total. The molecule has 0 fully saturated rings. The van der Waals surface area contributed by atoms with Crippen LogP contribution in [0.3, 0.4) is 0 Å². The zero-order valence-electron chi connectivity index (χ0n) is 10.4. The Bertz CT molecular complexity index is 276. The normalized spacial score (nSPS) is 14.9. The maximum atomic E-state index is 3.65. The Morgan fingerprint density at radius 2 is 1.67 bits per heavy atom. The fourth-order valence-electron chi connectivity index (χ4n) is 1.71. The SMILES string of the molecule is CC[C@H](C)N[C@H](CC)c1ccc(C)cc1. The van der Waals surface area contributed by atoms with E-state index in [9.17, 15) is 0 Å². The number of nitrogens with one attached hydrogen (secondary N) is 1. The number of hydrogen-bond donors (Lipinski definition) is 1. The van der Waals surface area contributed by atoms with Gasteiger partial charge < -0.3 is 5.32 Å². The van der Waals surface area contributed by atoms with Crippen LogP contribution in [0.5, 0.6) is 0 Å². The summed E-state index contributed by atoms with van der Waals surface area (Å²) in [6.07, 6.45) is 2.33. The molecule has 0 bridgehead atoms. The molecule has 0 saturated carbocycles. The molecule has 0 aliphatic heterocycles. The second-order valence-corrected chi connectivity index (χ2v) is 4.35. The van der Waals surface area contributed by atoms with Crippen LogP contribution in [0.4, 0.5) is 0 Å². The molecule has 0 aliphatic carbocycles. The Labute approximate surface area is 93.9 Å². The predicted molar refractivity (Wildman–Crippen MR) is 67.1 cm³/mol. The summed E-state index contributed by atoms with van der Waals surface area (Å²) in [5, 5.41) is 3.65. The first kappa shape index (κ1) is 12.3. The molecule has 0 heterocycles. The van der Waals surface area contributed by atoms with Crippen LogP contribution in [-0.2, 0) is 0 Å². The highest BCUT2D eigenvalue weighted by molar-refractivity contribution is 5.24. The van der Waals surface area contributed by atoms with E-state index in [2.05, 4.69) is 57.3 Å². The molecule has 1 rings (SSSR count). The van der Waals surface area contributed by atoms with E-state index in [1.165, 1.54) is 17.5 Å². The Balaban J connectivity index is 2.69. The van der Waals surface area contributed by atoms with Gasteiger partial charge in [-0.05, 0) is 32.3 Å². The van der Waals surface area contributed by atoms with Crippen molar-refractivity contribution >= 4 is 0 Å². The highest BCUT2D eigenvalue weighted by Gasteiger charge is 2.10. The van der Waals surface area contributed by atoms with Crippen molar-refractivity contribution in [3.63, 3.8) is 0 Å². The van der Waals surface area contributed by atoms with Gasteiger partial charge in [0, 0.05) is 12.1 Å². The first-order chi connectivity index (χ1) is 7.17. The first-order valence-corrected chi connectivity index (χ1v) is 6.00. The maximum absolute atomic E-state index is 3.65. The molecule has 2 atom stereocenters. The van der Waals surface area contributed by atoms with Crippen molar-refractivity contribution < 1.29 is 0 Å². The van der Waals surface area contributed by atoms with Crippen molar-refractivity contribution in [3.8, 4) is 0 Å². The van der Waals surface area contributed by atoms with Gasteiger partial charge in [0.1, 0.15) is 0 Å². The number of rotatable bonds is 5. The second-order valence-electron chi connectivity index (χ2n) is 4.35. The average molecular weight is 205 g/mol. The van der Waals surface area contributed by atoms with E-state index in [0.717, 1.165) is 6.42 Å². The lowest BCUT2D eigenvalue weighted by Crippen LogP contribution is -2.29. The van der Waals surface area contributed by atoms with Crippen molar-refractivity contribution in [3.05, 3.63) is 35.4 Å². The van der Waals surface area contributed by atoms with E-state index in [1.54, 1.807) is 0 Å². The zero-order valence-corrected chi connectivity index (χ0v) is 10.4. The number of benzene rings is 1. The van der Waals surface area contributed by atoms with Crippen LogP contribution >= 0.6 is 0 Å². The van der Waals surface area contributed by atoms with E-state index in [-0.39, 0.29) is 0 Å². The van der Waals surface area contributed by atoms with Crippen LogP contribution < -0.4 is 5.32 Å². The summed E-state index contributed by atoms with van der Waals surface area (Å²) in [5.41, 5.74) is 2.74. The Hall–Kier alpha value is -0.820. The van der Waals surface area contributed by atoms with Gasteiger partial charge >= 0.3 is 0 Å². The first-order valence-electron chi connectivity index (χ1n) is 6.00. The van der Waals surface area contributed by atoms with Gasteiger partial charge in [0.2, 0.25) is 0 Å². The van der Waals surface area contributed by atoms with Crippen molar-refractivity contribution in [1.82, 2.24) is 5.32 Å². The van der Waals surface area contributed by atoms with E-state index in [4.69, 9.17) is 0 Å². The molecule has 0 spiro atoms. The van der Waals surface area contributed by atoms with Crippen molar-refractivity contribution in [2.24, 2.45) is 0 Å². The van der Waals surface area contributed by atoms with Gasteiger partial charge in [-0.3, -0.25) is 0 Å². The molecule has 1 nitrogen and oxygen atoms in total. The van der Waals surface area contributed by atoms with Gasteiger partial charge in [0.25, 0.3) is 0 Å². The standard InChI is InChI=1S/C14H23N/c1-5-12(4)15-14(6-2)13-9-7-11(3)8-10-13/h7-10,12,14-15H,5-6H2,1-4H3/t12-,14+/m0/s1. The van der Waals surface area contributed by atoms with Gasteiger partial charge in [-0.2, -0.15) is 0 Å². The van der Waals surface area contributed by atoms with Gasteiger partial charge in [-0.15, -0.1) is 0 Å². The second kappa shape index (κ2) is 5.92. The summed E-state index contributed by atoms with van der Waals surface area (Å²) in [7, 11) is 0. The Morgan fingerprint density at radius 3 is 2.13 bits per heavy atom. The van der Waals surface area contributed by atoms with Crippen molar-refractivity contribution in [2.45, 2.75) is 52.6 Å². The lowest BCUT2D eigenvalue weighted by Gasteiger charge is -2.22. The molecule has 0 aliphatic rings. The lowest BCUT2D eigenvalue weighted by molar-refractivity contribution is 0.437. The molecule has 1 heteroatoms. The van der Waals surface area contributed by atoms with Crippen molar-refractivity contribution in [2.75, 3.05) is 0 Å². The van der Waals surface area contributed by atoms with Crippen LogP contribution in [0.2, 0.25) is 0 Å². The molecule has 15 heavy (non-hydrogen) atoms. The Kier molecular flexibility index (Phi) is 4.83. The molecule has 0 unspecified atom stereocenters. The largest absolute Gasteiger partial charge is 0.307 e. The summed E-state index contributed by atoms with van der Waals surface area (Å²) in [5.74, 6) is 0. The molecule has 0 amide bonds. The van der Waals surface area contributed by atoms with Crippen molar-refractivity contribution in [1.29, 1.82) is 0 Å². The molecule has 0 aromatic heterocycles. The molecule has 1 aromatic carbocycles. The monoisotopic (exact) mass is 205 g/mol. The third kappa shape index (κ3) is 3.67. The van der Waals surface area contributed by atoms with E-state index in [0.29, 0.717) is 12.1 Å². The summed E-state index contributed by atoms with van der Waals surface area (Å²) in [6.45, 7) is 8.84. The smallest absolute Gasteiger partial charge is 0.0319 e. The quantitative estimate of drug-likeness (QED) is 0.770. The zero-order chi connectivity index (χ0) is 11.3. The molecule has 84 valence electrons. The molecule has 0 radical (unpaired) electrons. The molecular formula is C14H23N. The fraction of sp³-hybridized carbons (Fsp3) is 0.571. The molecule has 1 aromatic rings. The summed E-state index contributed by atoms with van der Waals surface area (Å²) < 4.78 is 0. The minimum atomic E-state index is 0.501. The summed E-state index contributed by atoms with van der Waals surface area (Å²) in [6, 6.07) is 9.95. The van der Waals surface area contributed by atoms with E-state index in [1.807, 2.05) is 0 Å². The van der Waals surface area contributed by atoms with Gasteiger partial charge in [-0.25, -0.2) is 0 Å². The third-order valence-electron chi connectivity index (χ3n) is 2.99. The Morgan fingerprint density at radius 1 is 1.07 bits per heavy atom. The van der Waals surface area contributed by atoms with Crippen LogP contribution in [0, 0.1) is 6.92 Å². The topological polar surface area (TPSA) is 12.0 Å². The maximum Gasteiger partial charge on any atom is 0.0319 e. The third-order valence-corrected chi connectivity index (χ3v) is 2.99. The number of aryl methyl sites for hydroxylation is 1. The van der Waals surface area contributed by atoms with Crippen LogP contribution in [0.1, 0.15) is 50.8 Å². The fourth-order valence-corrected chi connectivity index (χ4v) is 1.71. The highest BCUT2D eigenvalue weighted by Crippen LogP contribution is 2.18.